The third kappa shape index (κ3) is 3.17. The van der Waals surface area contributed by atoms with E-state index in [2.05, 4.69) is 5.32 Å². The lowest BCUT2D eigenvalue weighted by molar-refractivity contribution is -0.183. The first kappa shape index (κ1) is 16.6. The van der Waals surface area contributed by atoms with E-state index in [-0.39, 0.29) is 5.57 Å². The minimum absolute atomic E-state index is 0.0412. The van der Waals surface area contributed by atoms with E-state index in [9.17, 15) is 18.0 Å². The molecule has 0 spiro atoms. The zero-order valence-electron chi connectivity index (χ0n) is 12.9. The second kappa shape index (κ2) is 5.98. The number of alkyl halides is 3. The first-order valence-corrected chi connectivity index (χ1v) is 7.33. The van der Waals surface area contributed by atoms with Crippen LogP contribution >= 0.6 is 0 Å². The van der Waals surface area contributed by atoms with Crippen LogP contribution in [0.3, 0.4) is 0 Å². The average Bonchev–Trinajstić information content (AvgIpc) is 2.86. The Morgan fingerprint density at radius 2 is 2.12 bits per heavy atom. The fraction of sp³-hybridized carbons (Fsp3) is 0.235. The van der Waals surface area contributed by atoms with Crippen LogP contribution in [0.15, 0.2) is 54.2 Å². The van der Waals surface area contributed by atoms with E-state index < -0.39 is 17.5 Å². The van der Waals surface area contributed by atoms with Crippen molar-refractivity contribution in [1.82, 2.24) is 0 Å². The molecule has 1 atom stereocenters. The van der Waals surface area contributed by atoms with Gasteiger partial charge in [-0.2, -0.15) is 13.2 Å². The Morgan fingerprint density at radius 3 is 2.88 bits per heavy atom. The molecule has 3 rings (SSSR count). The van der Waals surface area contributed by atoms with Gasteiger partial charge >= 0.3 is 13.7 Å². The number of rotatable bonds is 2. The summed E-state index contributed by atoms with van der Waals surface area (Å²) in [6.07, 6.45) is 1.57. The Hall–Kier alpha value is -2.28. The summed E-state index contributed by atoms with van der Waals surface area (Å²) in [6.45, 7) is 1.51. The van der Waals surface area contributed by atoms with Crippen molar-refractivity contribution >= 4 is 24.5 Å². The SMILES string of the molecule is CC1(C(F)(F)F)C=CC=CC(C(=O)Nc2ccc3c(c2)[B]OC3)=C1. The lowest BCUT2D eigenvalue weighted by Crippen LogP contribution is -2.32. The van der Waals surface area contributed by atoms with Crippen molar-refractivity contribution < 1.29 is 22.6 Å². The number of hydrogen-bond donors (Lipinski definition) is 1. The molecule has 1 aromatic rings. The summed E-state index contributed by atoms with van der Waals surface area (Å²) in [5, 5.41) is 2.63. The molecule has 1 aliphatic carbocycles. The number of anilines is 1. The van der Waals surface area contributed by atoms with Crippen molar-refractivity contribution in [3.05, 3.63) is 59.7 Å². The highest BCUT2D eigenvalue weighted by Gasteiger charge is 2.48. The molecule has 1 aromatic carbocycles. The van der Waals surface area contributed by atoms with Gasteiger partial charge in [-0.05, 0) is 36.2 Å². The van der Waals surface area contributed by atoms with Gasteiger partial charge in [-0.15, -0.1) is 0 Å². The summed E-state index contributed by atoms with van der Waals surface area (Å²) in [5.41, 5.74) is 0.111. The van der Waals surface area contributed by atoms with Crippen LogP contribution in [-0.2, 0) is 16.1 Å². The first-order valence-electron chi connectivity index (χ1n) is 7.33. The minimum Gasteiger partial charge on any atom is -0.430 e. The Balaban J connectivity index is 1.84. The topological polar surface area (TPSA) is 38.3 Å². The smallest absolute Gasteiger partial charge is 0.400 e. The third-order valence-electron chi connectivity index (χ3n) is 4.01. The van der Waals surface area contributed by atoms with Crippen molar-refractivity contribution in [2.75, 3.05) is 5.32 Å². The Morgan fingerprint density at radius 1 is 1.33 bits per heavy atom. The minimum atomic E-state index is -4.49. The van der Waals surface area contributed by atoms with Gasteiger partial charge in [0.15, 0.2) is 0 Å². The molecule has 1 radical (unpaired) electrons. The Bertz CT molecular complexity index is 768. The Labute approximate surface area is 138 Å². The molecule has 2 aliphatic rings. The predicted molar refractivity (Wildman–Crippen MR) is 85.8 cm³/mol. The van der Waals surface area contributed by atoms with Crippen LogP contribution < -0.4 is 10.8 Å². The molecule has 1 aliphatic heterocycles. The van der Waals surface area contributed by atoms with Crippen molar-refractivity contribution in [1.29, 1.82) is 0 Å². The van der Waals surface area contributed by atoms with Gasteiger partial charge in [-0.1, -0.05) is 30.4 Å². The standard InChI is InChI=1S/C17H14BF3NO2/c1-16(17(19,20)21)7-3-2-4-11(9-16)15(23)22-13-6-5-12-10-24-18-14(12)8-13/h2-9H,10H2,1H3,(H,22,23). The zero-order valence-corrected chi connectivity index (χ0v) is 12.9. The molecule has 1 unspecified atom stereocenters. The second-order valence-corrected chi connectivity index (χ2v) is 5.89. The van der Waals surface area contributed by atoms with Gasteiger partial charge in [0, 0.05) is 11.3 Å². The van der Waals surface area contributed by atoms with E-state index >= 15 is 0 Å². The van der Waals surface area contributed by atoms with Gasteiger partial charge in [-0.25, -0.2) is 0 Å². The van der Waals surface area contributed by atoms with Gasteiger partial charge in [0.1, 0.15) is 5.41 Å². The number of amides is 1. The van der Waals surface area contributed by atoms with Crippen molar-refractivity contribution in [2.24, 2.45) is 5.41 Å². The first-order chi connectivity index (χ1) is 11.3. The molecule has 1 N–H and O–H groups in total. The number of carbonyl (C=O) groups excluding carboxylic acids is 1. The highest BCUT2D eigenvalue weighted by molar-refractivity contribution is 6.49. The third-order valence-corrected chi connectivity index (χ3v) is 4.01. The van der Waals surface area contributed by atoms with Gasteiger partial charge in [0.05, 0.1) is 6.61 Å². The quantitative estimate of drug-likeness (QED) is 0.846. The molecular formula is C17H14BF3NO2. The maximum atomic E-state index is 13.2. The number of nitrogens with one attached hydrogen (secondary N) is 1. The lowest BCUT2D eigenvalue weighted by atomic mass is 9.87. The fourth-order valence-electron chi connectivity index (χ4n) is 2.49. The van der Waals surface area contributed by atoms with E-state index in [0.29, 0.717) is 12.3 Å². The van der Waals surface area contributed by atoms with E-state index in [1.165, 1.54) is 18.2 Å². The molecule has 1 amide bonds. The summed E-state index contributed by atoms with van der Waals surface area (Å²) >= 11 is 0. The maximum absolute atomic E-state index is 13.2. The highest BCUT2D eigenvalue weighted by Crippen LogP contribution is 2.42. The molecule has 0 saturated heterocycles. The van der Waals surface area contributed by atoms with Gasteiger partial charge in [-0.3, -0.25) is 4.79 Å². The number of benzene rings is 1. The van der Waals surface area contributed by atoms with Crippen LogP contribution in [-0.4, -0.2) is 19.6 Å². The molecular weight excluding hydrogens is 318 g/mol. The molecule has 0 saturated carbocycles. The molecule has 0 aromatic heterocycles. The number of fused-ring (bicyclic) bond motifs is 1. The highest BCUT2D eigenvalue weighted by atomic mass is 19.4. The summed E-state index contributed by atoms with van der Waals surface area (Å²) in [6, 6.07) is 5.23. The Kier molecular flexibility index (Phi) is 4.13. The van der Waals surface area contributed by atoms with E-state index in [4.69, 9.17) is 4.65 Å². The second-order valence-electron chi connectivity index (χ2n) is 5.89. The maximum Gasteiger partial charge on any atom is 0.400 e. The molecule has 1 heterocycles. The zero-order chi connectivity index (χ0) is 17.4. The van der Waals surface area contributed by atoms with Crippen LogP contribution in [0.2, 0.25) is 0 Å². The number of carbonyl (C=O) groups is 1. The van der Waals surface area contributed by atoms with Crippen LogP contribution in [0.25, 0.3) is 0 Å². The van der Waals surface area contributed by atoms with Crippen LogP contribution in [0.4, 0.5) is 18.9 Å². The van der Waals surface area contributed by atoms with E-state index in [1.807, 2.05) is 6.07 Å². The summed E-state index contributed by atoms with van der Waals surface area (Å²) < 4.78 is 44.9. The monoisotopic (exact) mass is 332 g/mol. The molecule has 0 bridgehead atoms. The van der Waals surface area contributed by atoms with Gasteiger partial charge in [0.2, 0.25) is 0 Å². The number of allylic oxidation sites excluding steroid dienone is 4. The molecule has 123 valence electrons. The van der Waals surface area contributed by atoms with Crippen LogP contribution in [0.1, 0.15) is 12.5 Å². The molecule has 3 nitrogen and oxygen atoms in total. The molecule has 24 heavy (non-hydrogen) atoms. The normalized spacial score (nSPS) is 22.4. The summed E-state index contributed by atoms with van der Waals surface area (Å²) in [5.74, 6) is -0.593. The van der Waals surface area contributed by atoms with Crippen molar-refractivity contribution in [3.63, 3.8) is 0 Å². The fourth-order valence-corrected chi connectivity index (χ4v) is 2.49. The van der Waals surface area contributed by atoms with Crippen molar-refractivity contribution in [2.45, 2.75) is 19.7 Å². The summed E-state index contributed by atoms with van der Waals surface area (Å²) in [4.78, 5) is 12.4. The summed E-state index contributed by atoms with van der Waals surface area (Å²) in [7, 11) is 1.58. The lowest BCUT2D eigenvalue weighted by Gasteiger charge is -2.25. The molecule has 7 heteroatoms. The average molecular weight is 332 g/mol. The van der Waals surface area contributed by atoms with Gasteiger partial charge in [0.25, 0.3) is 5.91 Å². The number of halogens is 3. The van der Waals surface area contributed by atoms with Gasteiger partial charge < -0.3 is 9.97 Å². The number of hydrogen-bond acceptors (Lipinski definition) is 2. The molecule has 0 fully saturated rings. The van der Waals surface area contributed by atoms with Crippen molar-refractivity contribution in [3.8, 4) is 0 Å². The van der Waals surface area contributed by atoms with Crippen LogP contribution in [0.5, 0.6) is 0 Å². The van der Waals surface area contributed by atoms with E-state index in [1.54, 1.807) is 19.6 Å². The largest absolute Gasteiger partial charge is 0.430 e. The predicted octanol–water partition coefficient (Wildman–Crippen LogP) is 3.02. The van der Waals surface area contributed by atoms with E-state index in [0.717, 1.165) is 30.1 Å². The van der Waals surface area contributed by atoms with Crippen LogP contribution in [0, 0.1) is 5.41 Å².